The first kappa shape index (κ1) is 44.5. The van der Waals surface area contributed by atoms with Gasteiger partial charge in [0.05, 0.1) is 13.2 Å². The van der Waals surface area contributed by atoms with Crippen LogP contribution in [0.15, 0.2) is 0 Å². The first-order chi connectivity index (χ1) is 22.1. The van der Waals surface area contributed by atoms with E-state index in [1.807, 2.05) is 0 Å². The minimum Gasteiger partial charge on any atom is -0.480 e. The quantitative estimate of drug-likeness (QED) is 0.0339. The molecule has 0 heterocycles. The summed E-state index contributed by atoms with van der Waals surface area (Å²) < 4.78 is 31.7. The highest BCUT2D eigenvalue weighted by Crippen LogP contribution is 2.43. The molecule has 272 valence electrons. The van der Waals surface area contributed by atoms with Gasteiger partial charge in [-0.1, -0.05) is 149 Å². The van der Waals surface area contributed by atoms with E-state index in [-0.39, 0.29) is 19.4 Å². The van der Waals surface area contributed by atoms with Gasteiger partial charge in [-0.05, 0) is 6.42 Å². The Hall–Kier alpha value is -1.52. The largest absolute Gasteiger partial charge is 0.480 e. The number of carbonyl (C=O) groups is 3. The van der Waals surface area contributed by atoms with E-state index in [1.165, 1.54) is 116 Å². The summed E-state index contributed by atoms with van der Waals surface area (Å²) in [7, 11) is -4.67. The maximum Gasteiger partial charge on any atom is 0.472 e. The lowest BCUT2D eigenvalue weighted by molar-refractivity contribution is -0.161. The molecule has 0 aromatic carbocycles. The van der Waals surface area contributed by atoms with Crippen LogP contribution in [0.3, 0.4) is 0 Å². The highest BCUT2D eigenvalue weighted by molar-refractivity contribution is 7.47. The van der Waals surface area contributed by atoms with Crippen molar-refractivity contribution in [2.45, 2.75) is 180 Å². The van der Waals surface area contributed by atoms with Crippen molar-refractivity contribution in [3.63, 3.8) is 0 Å². The van der Waals surface area contributed by atoms with Gasteiger partial charge in [-0.2, -0.15) is 0 Å². The number of hydrogen-bond acceptors (Lipinski definition) is 9. The second-order valence-electron chi connectivity index (χ2n) is 12.3. The molecule has 0 radical (unpaired) electrons. The Balaban J connectivity index is 3.84. The number of phosphoric acid groups is 1. The molecule has 4 N–H and O–H groups in total. The summed E-state index contributed by atoms with van der Waals surface area (Å²) in [6, 6.07) is -1.51. The molecule has 0 spiro atoms. The molecular formula is C34H66NO10P. The first-order valence-electron chi connectivity index (χ1n) is 18.1. The van der Waals surface area contributed by atoms with Gasteiger partial charge in [0, 0.05) is 12.8 Å². The molecule has 0 aliphatic heterocycles. The summed E-state index contributed by atoms with van der Waals surface area (Å²) in [6.07, 6.45) is 27.4. The molecule has 0 aliphatic rings. The maximum absolute atomic E-state index is 12.3. The summed E-state index contributed by atoms with van der Waals surface area (Å²) in [5, 5.41) is 8.75. The number of rotatable bonds is 34. The summed E-state index contributed by atoms with van der Waals surface area (Å²) in [4.78, 5) is 44.4. The third-order valence-corrected chi connectivity index (χ3v) is 8.86. The molecule has 46 heavy (non-hydrogen) atoms. The van der Waals surface area contributed by atoms with Crippen LogP contribution in [-0.4, -0.2) is 59.9 Å². The third-order valence-electron chi connectivity index (χ3n) is 7.91. The van der Waals surface area contributed by atoms with Gasteiger partial charge in [0.25, 0.3) is 0 Å². The van der Waals surface area contributed by atoms with E-state index in [0.717, 1.165) is 19.3 Å². The average Bonchev–Trinajstić information content (AvgIpc) is 3.03. The molecule has 0 amide bonds. The van der Waals surface area contributed by atoms with E-state index in [0.29, 0.717) is 6.42 Å². The second kappa shape index (κ2) is 30.8. The highest BCUT2D eigenvalue weighted by Gasteiger charge is 2.28. The molecule has 0 aromatic heterocycles. The monoisotopic (exact) mass is 679 g/mol. The molecule has 0 aromatic rings. The van der Waals surface area contributed by atoms with Crippen molar-refractivity contribution in [3.8, 4) is 0 Å². The van der Waals surface area contributed by atoms with Crippen molar-refractivity contribution in [2.75, 3.05) is 19.8 Å². The highest BCUT2D eigenvalue weighted by atomic mass is 31.2. The van der Waals surface area contributed by atoms with Crippen LogP contribution in [0.4, 0.5) is 0 Å². The van der Waals surface area contributed by atoms with Crippen LogP contribution in [0.1, 0.15) is 168 Å². The third kappa shape index (κ3) is 29.9. The van der Waals surface area contributed by atoms with Gasteiger partial charge in [-0.3, -0.25) is 23.4 Å². The van der Waals surface area contributed by atoms with Gasteiger partial charge < -0.3 is 25.2 Å². The zero-order valence-electron chi connectivity index (χ0n) is 28.9. The van der Waals surface area contributed by atoms with Crippen molar-refractivity contribution in [3.05, 3.63) is 0 Å². The second-order valence-corrected chi connectivity index (χ2v) is 13.8. The maximum atomic E-state index is 12.3. The fourth-order valence-electron chi connectivity index (χ4n) is 4.99. The van der Waals surface area contributed by atoms with E-state index < -0.39 is 51.1 Å². The number of carboxylic acids is 1. The van der Waals surface area contributed by atoms with Gasteiger partial charge in [0.1, 0.15) is 12.6 Å². The predicted molar refractivity (Wildman–Crippen MR) is 180 cm³/mol. The number of phosphoric ester groups is 1. The van der Waals surface area contributed by atoms with E-state index in [1.54, 1.807) is 6.92 Å². The topological polar surface area (TPSA) is 172 Å². The number of ether oxygens (including phenoxy) is 2. The molecule has 11 nitrogen and oxygen atoms in total. The molecule has 0 rings (SSSR count). The number of carbonyl (C=O) groups excluding carboxylic acids is 2. The minimum atomic E-state index is -4.67. The van der Waals surface area contributed by atoms with Crippen LogP contribution in [0, 0.1) is 0 Å². The number of unbranched alkanes of at least 4 members (excludes halogenated alkanes) is 21. The molecule has 0 fully saturated rings. The Morgan fingerprint density at radius 1 is 0.609 bits per heavy atom. The Bertz CT molecular complexity index is 813. The molecule has 0 bridgehead atoms. The van der Waals surface area contributed by atoms with Crippen LogP contribution in [0.25, 0.3) is 0 Å². The fraction of sp³-hybridized carbons (Fsp3) is 0.912. The Morgan fingerprint density at radius 2 is 1.00 bits per heavy atom. The lowest BCUT2D eigenvalue weighted by Crippen LogP contribution is -2.34. The molecule has 0 aliphatic carbocycles. The van der Waals surface area contributed by atoms with Crippen molar-refractivity contribution in [1.82, 2.24) is 0 Å². The molecular weight excluding hydrogens is 613 g/mol. The van der Waals surface area contributed by atoms with Crippen molar-refractivity contribution in [2.24, 2.45) is 5.73 Å². The number of aliphatic carboxylic acids is 1. The van der Waals surface area contributed by atoms with E-state index >= 15 is 0 Å². The predicted octanol–water partition coefficient (Wildman–Crippen LogP) is 8.39. The molecule has 0 saturated heterocycles. The van der Waals surface area contributed by atoms with Crippen molar-refractivity contribution >= 4 is 25.7 Å². The van der Waals surface area contributed by atoms with E-state index in [9.17, 15) is 23.8 Å². The van der Waals surface area contributed by atoms with Crippen molar-refractivity contribution in [1.29, 1.82) is 0 Å². The molecule has 3 unspecified atom stereocenters. The van der Waals surface area contributed by atoms with Gasteiger partial charge in [-0.15, -0.1) is 0 Å². The van der Waals surface area contributed by atoms with Crippen molar-refractivity contribution < 1.29 is 47.5 Å². The average molecular weight is 680 g/mol. The van der Waals surface area contributed by atoms with Crippen LogP contribution >= 0.6 is 7.82 Å². The zero-order valence-corrected chi connectivity index (χ0v) is 29.8. The van der Waals surface area contributed by atoms with E-state index in [4.69, 9.17) is 24.8 Å². The normalized spacial score (nSPS) is 14.0. The Morgan fingerprint density at radius 3 is 1.39 bits per heavy atom. The number of carboxylic acid groups (broad SMARTS) is 1. The lowest BCUT2D eigenvalue weighted by Gasteiger charge is -2.20. The van der Waals surface area contributed by atoms with Crippen LogP contribution in [0.2, 0.25) is 0 Å². The zero-order chi connectivity index (χ0) is 34.3. The summed E-state index contributed by atoms with van der Waals surface area (Å²) in [6.45, 7) is 2.18. The molecule has 12 heteroatoms. The lowest BCUT2D eigenvalue weighted by atomic mass is 10.0. The van der Waals surface area contributed by atoms with Gasteiger partial charge in [0.2, 0.25) is 0 Å². The standard InChI is InChI=1S/C34H66NO10P/c1-3-5-6-7-8-9-10-11-12-13-14-15-16-17-18-19-20-21-22-23-24-25-26-33(37)45-30(27-42-32(36)4-2)28-43-46(40,41)44-29-31(35)34(38)39/h30-31H,3-29,35H2,1-2H3,(H,38,39)(H,40,41). The van der Waals surface area contributed by atoms with Gasteiger partial charge in [-0.25, -0.2) is 4.57 Å². The van der Waals surface area contributed by atoms with Crippen LogP contribution in [-0.2, 0) is 37.5 Å². The molecule has 3 atom stereocenters. The smallest absolute Gasteiger partial charge is 0.472 e. The Labute approximate surface area is 278 Å². The molecule has 0 saturated carbocycles. The first-order valence-corrected chi connectivity index (χ1v) is 19.6. The minimum absolute atomic E-state index is 0.107. The van der Waals surface area contributed by atoms with Gasteiger partial charge in [0.15, 0.2) is 6.10 Å². The SMILES string of the molecule is CCCCCCCCCCCCCCCCCCCCCCCCC(=O)OC(COC(=O)CC)COP(=O)(O)OCC(N)C(=O)O. The van der Waals surface area contributed by atoms with Crippen LogP contribution in [0.5, 0.6) is 0 Å². The summed E-state index contributed by atoms with van der Waals surface area (Å²) in [5.41, 5.74) is 5.25. The number of nitrogens with two attached hydrogens (primary N) is 1. The van der Waals surface area contributed by atoms with Crippen LogP contribution < -0.4 is 5.73 Å². The number of hydrogen-bond donors (Lipinski definition) is 3. The van der Waals surface area contributed by atoms with Gasteiger partial charge >= 0.3 is 25.7 Å². The fourth-order valence-corrected chi connectivity index (χ4v) is 5.77. The number of esters is 2. The summed E-state index contributed by atoms with van der Waals surface area (Å²) >= 11 is 0. The Kier molecular flexibility index (Phi) is 29.8. The van der Waals surface area contributed by atoms with E-state index in [2.05, 4.69) is 11.4 Å². The summed E-state index contributed by atoms with van der Waals surface area (Å²) in [5.74, 6) is -2.47.